The van der Waals surface area contributed by atoms with Crippen molar-refractivity contribution in [3.63, 3.8) is 0 Å². The smallest absolute Gasteiger partial charge is 0.260 e. The van der Waals surface area contributed by atoms with E-state index in [1.807, 2.05) is 19.0 Å². The lowest BCUT2D eigenvalue weighted by Crippen LogP contribution is -2.36. The van der Waals surface area contributed by atoms with Gasteiger partial charge in [-0.1, -0.05) is 11.3 Å². The predicted molar refractivity (Wildman–Crippen MR) is 116 cm³/mol. The quantitative estimate of drug-likeness (QED) is 0.570. The van der Waals surface area contributed by atoms with Crippen molar-refractivity contribution in [1.29, 1.82) is 0 Å². The number of carbonyl (C=O) groups is 1. The summed E-state index contributed by atoms with van der Waals surface area (Å²) < 4.78 is 29.6. The van der Waals surface area contributed by atoms with Crippen LogP contribution in [0.15, 0.2) is 47.4 Å². The van der Waals surface area contributed by atoms with Gasteiger partial charge >= 0.3 is 0 Å². The number of sulfone groups is 1. The molecule has 0 spiro atoms. The number of anilines is 1. The Bertz CT molecular complexity index is 1120. The van der Waals surface area contributed by atoms with Gasteiger partial charge in [0.15, 0.2) is 15.0 Å². The fourth-order valence-electron chi connectivity index (χ4n) is 2.71. The fourth-order valence-corrected chi connectivity index (χ4v) is 4.46. The molecule has 1 amide bonds. The average molecular weight is 434 g/mol. The molecule has 154 valence electrons. The molecule has 29 heavy (non-hydrogen) atoms. The number of aromatic nitrogens is 1. The van der Waals surface area contributed by atoms with Crippen LogP contribution in [-0.4, -0.2) is 64.8 Å². The van der Waals surface area contributed by atoms with E-state index in [9.17, 15) is 13.2 Å². The monoisotopic (exact) mass is 433 g/mol. The molecule has 0 aliphatic carbocycles. The van der Waals surface area contributed by atoms with E-state index in [0.717, 1.165) is 4.70 Å². The number of nitrogens with zero attached hydrogens (tertiary/aromatic N) is 3. The number of rotatable bonds is 7. The van der Waals surface area contributed by atoms with Gasteiger partial charge in [-0.2, -0.15) is 0 Å². The van der Waals surface area contributed by atoms with E-state index >= 15 is 0 Å². The highest BCUT2D eigenvalue weighted by atomic mass is 32.2. The molecular weight excluding hydrogens is 410 g/mol. The van der Waals surface area contributed by atoms with E-state index in [0.29, 0.717) is 35.1 Å². The van der Waals surface area contributed by atoms with Crippen molar-refractivity contribution >= 4 is 42.4 Å². The number of methoxy groups -OCH3 is 1. The maximum absolute atomic E-state index is 13.2. The molecule has 0 fully saturated rings. The number of benzene rings is 2. The Kier molecular flexibility index (Phi) is 6.21. The molecule has 3 aromatic rings. The molecular formula is C20H23N3O4S2. The maximum atomic E-state index is 13.2. The summed E-state index contributed by atoms with van der Waals surface area (Å²) >= 11 is 1.30. The largest absolute Gasteiger partial charge is 0.497 e. The first-order chi connectivity index (χ1) is 13.7. The van der Waals surface area contributed by atoms with Crippen molar-refractivity contribution in [1.82, 2.24) is 9.88 Å². The second kappa shape index (κ2) is 8.48. The number of amides is 1. The predicted octanol–water partition coefficient (Wildman–Crippen LogP) is 2.92. The zero-order valence-corrected chi connectivity index (χ0v) is 18.4. The minimum absolute atomic E-state index is 0.170. The zero-order chi connectivity index (χ0) is 21.2. The van der Waals surface area contributed by atoms with E-state index < -0.39 is 9.84 Å². The van der Waals surface area contributed by atoms with Gasteiger partial charge in [-0.05, 0) is 56.6 Å². The van der Waals surface area contributed by atoms with Gasteiger partial charge in [0.05, 0.1) is 22.2 Å². The maximum Gasteiger partial charge on any atom is 0.260 e. The molecule has 0 radical (unpaired) electrons. The number of carbonyl (C=O) groups excluding carboxylic acids is 1. The summed E-state index contributed by atoms with van der Waals surface area (Å²) in [5.41, 5.74) is 1.19. The van der Waals surface area contributed by atoms with Gasteiger partial charge in [-0.25, -0.2) is 13.4 Å². The third-order valence-electron chi connectivity index (χ3n) is 4.36. The van der Waals surface area contributed by atoms with Crippen molar-refractivity contribution in [2.75, 3.05) is 45.5 Å². The van der Waals surface area contributed by atoms with Crippen LogP contribution in [0, 0.1) is 0 Å². The molecule has 7 nitrogen and oxygen atoms in total. The summed E-state index contributed by atoms with van der Waals surface area (Å²) in [5.74, 6) is 0.506. The van der Waals surface area contributed by atoms with Crippen LogP contribution >= 0.6 is 11.3 Å². The number of hydrogen-bond donors (Lipinski definition) is 0. The molecule has 0 aliphatic heterocycles. The molecule has 0 aliphatic rings. The first-order valence-corrected chi connectivity index (χ1v) is 11.6. The SMILES string of the molecule is COc1ccc(C(=O)N(CCN(C)C)c2nc3ccc(S(C)(=O)=O)cc3s2)cc1. The minimum atomic E-state index is -3.31. The van der Waals surface area contributed by atoms with Crippen molar-refractivity contribution in [3.8, 4) is 5.75 Å². The Balaban J connectivity index is 2.00. The Morgan fingerprint density at radius 3 is 2.38 bits per heavy atom. The molecule has 1 heterocycles. The molecule has 1 aromatic heterocycles. The van der Waals surface area contributed by atoms with Gasteiger partial charge < -0.3 is 9.64 Å². The highest BCUT2D eigenvalue weighted by Gasteiger charge is 2.22. The fraction of sp³-hybridized carbons (Fsp3) is 0.300. The van der Waals surface area contributed by atoms with Crippen molar-refractivity contribution in [2.24, 2.45) is 0 Å². The molecule has 0 N–H and O–H groups in total. The highest BCUT2D eigenvalue weighted by molar-refractivity contribution is 7.90. The molecule has 0 atom stereocenters. The van der Waals surface area contributed by atoms with Gasteiger partial charge in [0.1, 0.15) is 5.75 Å². The molecule has 0 saturated heterocycles. The Hall–Kier alpha value is -2.49. The van der Waals surface area contributed by atoms with Crippen LogP contribution in [0.1, 0.15) is 10.4 Å². The van der Waals surface area contributed by atoms with Crippen LogP contribution in [0.25, 0.3) is 10.2 Å². The normalized spacial score (nSPS) is 11.8. The van der Waals surface area contributed by atoms with Crippen LogP contribution < -0.4 is 9.64 Å². The molecule has 3 rings (SSSR count). The third kappa shape index (κ3) is 4.92. The van der Waals surface area contributed by atoms with E-state index in [1.54, 1.807) is 48.4 Å². The zero-order valence-electron chi connectivity index (χ0n) is 16.7. The third-order valence-corrected chi connectivity index (χ3v) is 6.51. The first kappa shape index (κ1) is 21.2. The molecule has 0 bridgehead atoms. The van der Waals surface area contributed by atoms with E-state index in [4.69, 9.17) is 4.74 Å². The Morgan fingerprint density at radius 2 is 1.79 bits per heavy atom. The Morgan fingerprint density at radius 1 is 1.10 bits per heavy atom. The first-order valence-electron chi connectivity index (χ1n) is 8.90. The summed E-state index contributed by atoms with van der Waals surface area (Å²) in [6.07, 6.45) is 1.17. The second-order valence-corrected chi connectivity index (χ2v) is 9.91. The topological polar surface area (TPSA) is 79.8 Å². The van der Waals surface area contributed by atoms with Crippen LogP contribution in [0.5, 0.6) is 5.75 Å². The van der Waals surface area contributed by atoms with Gasteiger partial charge in [-0.3, -0.25) is 9.69 Å². The number of likely N-dealkylation sites (N-methyl/N-ethyl adjacent to an activating group) is 1. The summed E-state index contributed by atoms with van der Waals surface area (Å²) in [6, 6.07) is 11.7. The van der Waals surface area contributed by atoms with E-state index in [-0.39, 0.29) is 10.8 Å². The minimum Gasteiger partial charge on any atom is -0.497 e. The highest BCUT2D eigenvalue weighted by Crippen LogP contribution is 2.31. The lowest BCUT2D eigenvalue weighted by molar-refractivity contribution is 0.0985. The van der Waals surface area contributed by atoms with E-state index in [2.05, 4.69) is 4.98 Å². The van der Waals surface area contributed by atoms with Crippen molar-refractivity contribution < 1.29 is 17.9 Å². The summed E-state index contributed by atoms with van der Waals surface area (Å²) in [4.78, 5) is 21.6. The summed E-state index contributed by atoms with van der Waals surface area (Å²) in [5, 5.41) is 0.535. The van der Waals surface area contributed by atoms with Crippen molar-refractivity contribution in [2.45, 2.75) is 4.90 Å². The lowest BCUT2D eigenvalue weighted by atomic mass is 10.2. The van der Waals surface area contributed by atoms with Crippen LogP contribution in [0.2, 0.25) is 0 Å². The van der Waals surface area contributed by atoms with Gasteiger partial charge in [0.25, 0.3) is 5.91 Å². The van der Waals surface area contributed by atoms with Crippen LogP contribution in [0.3, 0.4) is 0 Å². The Labute approximate surface area is 174 Å². The van der Waals surface area contributed by atoms with Gasteiger partial charge in [0, 0.05) is 24.9 Å². The average Bonchev–Trinajstić information content (AvgIpc) is 3.10. The van der Waals surface area contributed by atoms with Crippen molar-refractivity contribution in [3.05, 3.63) is 48.0 Å². The standard InChI is InChI=1S/C20H23N3O4S2/c1-22(2)11-12-23(19(24)14-5-7-15(27-3)8-6-14)20-21-17-10-9-16(29(4,25)26)13-18(17)28-20/h5-10,13H,11-12H2,1-4H3. The number of fused-ring (bicyclic) bond motifs is 1. The lowest BCUT2D eigenvalue weighted by Gasteiger charge is -2.22. The second-order valence-electron chi connectivity index (χ2n) is 6.89. The number of hydrogen-bond acceptors (Lipinski definition) is 7. The molecule has 2 aromatic carbocycles. The summed E-state index contributed by atoms with van der Waals surface area (Å²) in [6.45, 7) is 1.11. The molecule has 0 saturated carbocycles. The molecule has 0 unspecified atom stereocenters. The summed E-state index contributed by atoms with van der Waals surface area (Å²) in [7, 11) is 2.14. The van der Waals surface area contributed by atoms with Gasteiger partial charge in [0.2, 0.25) is 0 Å². The van der Waals surface area contributed by atoms with Crippen LogP contribution in [-0.2, 0) is 9.84 Å². The number of ether oxygens (including phenoxy) is 1. The van der Waals surface area contributed by atoms with E-state index in [1.165, 1.54) is 23.7 Å². The number of thiazole rings is 1. The van der Waals surface area contributed by atoms with Gasteiger partial charge in [-0.15, -0.1) is 0 Å². The molecule has 9 heteroatoms. The van der Waals surface area contributed by atoms with Crippen LogP contribution in [0.4, 0.5) is 5.13 Å².